The van der Waals surface area contributed by atoms with Crippen molar-refractivity contribution < 1.29 is 14.3 Å². The highest BCUT2D eigenvalue weighted by molar-refractivity contribution is 7.13. The Morgan fingerprint density at radius 3 is 2.44 bits per heavy atom. The van der Waals surface area contributed by atoms with E-state index in [1.165, 1.54) is 0 Å². The van der Waals surface area contributed by atoms with Crippen molar-refractivity contribution in [2.75, 3.05) is 19.5 Å². The summed E-state index contributed by atoms with van der Waals surface area (Å²) in [5.74, 6) is 0.995. The van der Waals surface area contributed by atoms with Crippen LogP contribution in [0.15, 0.2) is 48.0 Å². The highest BCUT2D eigenvalue weighted by Gasteiger charge is 2.14. The predicted molar refractivity (Wildman–Crippen MR) is 99.8 cm³/mol. The molecule has 0 saturated heterocycles. The van der Waals surface area contributed by atoms with E-state index in [4.69, 9.17) is 9.47 Å². The number of carbonyl (C=O) groups is 1. The number of anilines is 1. The summed E-state index contributed by atoms with van der Waals surface area (Å²) in [5, 5.41) is 5.74. The molecule has 0 spiro atoms. The molecule has 0 bridgehead atoms. The highest BCUT2D eigenvalue weighted by Crippen LogP contribution is 2.30. The molecule has 0 fully saturated rings. The van der Waals surface area contributed by atoms with Crippen LogP contribution < -0.4 is 14.8 Å². The molecule has 1 heterocycles. The summed E-state index contributed by atoms with van der Waals surface area (Å²) in [6.07, 6.45) is 1.76. The van der Waals surface area contributed by atoms with Gasteiger partial charge in [-0.2, -0.15) is 0 Å². The number of methoxy groups -OCH3 is 2. The second kappa shape index (κ2) is 7.36. The van der Waals surface area contributed by atoms with Crippen molar-refractivity contribution in [3.05, 3.63) is 59.1 Å². The van der Waals surface area contributed by atoms with Crippen molar-refractivity contribution in [1.82, 2.24) is 4.98 Å². The first-order valence-electron chi connectivity index (χ1n) is 7.66. The van der Waals surface area contributed by atoms with E-state index in [9.17, 15) is 4.79 Å². The predicted octanol–water partition coefficient (Wildman–Crippen LogP) is 4.39. The Labute approximate surface area is 150 Å². The van der Waals surface area contributed by atoms with Crippen LogP contribution in [0.5, 0.6) is 11.5 Å². The quantitative estimate of drug-likeness (QED) is 0.738. The second-order valence-electron chi connectivity index (χ2n) is 5.38. The van der Waals surface area contributed by atoms with Crippen LogP contribution in [0, 0.1) is 6.92 Å². The molecule has 0 saturated carbocycles. The molecule has 0 aliphatic heterocycles. The van der Waals surface area contributed by atoms with E-state index in [2.05, 4.69) is 10.3 Å². The van der Waals surface area contributed by atoms with Crippen LogP contribution in [0.25, 0.3) is 10.6 Å². The van der Waals surface area contributed by atoms with E-state index in [1.54, 1.807) is 43.9 Å². The first-order valence-corrected chi connectivity index (χ1v) is 8.54. The third-order valence-electron chi connectivity index (χ3n) is 3.81. The van der Waals surface area contributed by atoms with E-state index in [-0.39, 0.29) is 5.91 Å². The maximum atomic E-state index is 12.6. The molecule has 2 aromatic carbocycles. The number of nitrogens with zero attached hydrogens (tertiary/aromatic N) is 1. The normalized spacial score (nSPS) is 10.4. The van der Waals surface area contributed by atoms with Gasteiger partial charge >= 0.3 is 0 Å². The van der Waals surface area contributed by atoms with Gasteiger partial charge in [-0.15, -0.1) is 11.3 Å². The van der Waals surface area contributed by atoms with Gasteiger partial charge in [0.25, 0.3) is 5.91 Å². The lowest BCUT2D eigenvalue weighted by atomic mass is 10.1. The largest absolute Gasteiger partial charge is 0.496 e. The molecular weight excluding hydrogens is 336 g/mol. The SMILES string of the molecule is COc1cc(C(=O)Nc2cccc(-c3nccs3)c2)cc(OC)c1C. The van der Waals surface area contributed by atoms with Crippen LogP contribution in [0.3, 0.4) is 0 Å². The van der Waals surface area contributed by atoms with Gasteiger partial charge in [-0.3, -0.25) is 4.79 Å². The Morgan fingerprint density at radius 2 is 1.84 bits per heavy atom. The Bertz CT molecular complexity index is 866. The number of nitrogens with one attached hydrogen (secondary N) is 1. The van der Waals surface area contributed by atoms with Gasteiger partial charge in [-0.1, -0.05) is 12.1 Å². The van der Waals surface area contributed by atoms with Gasteiger partial charge < -0.3 is 14.8 Å². The molecule has 0 atom stereocenters. The van der Waals surface area contributed by atoms with E-state index < -0.39 is 0 Å². The fraction of sp³-hybridized carbons (Fsp3) is 0.158. The topological polar surface area (TPSA) is 60.5 Å². The van der Waals surface area contributed by atoms with Crippen molar-refractivity contribution in [3.8, 4) is 22.1 Å². The van der Waals surface area contributed by atoms with Crippen molar-refractivity contribution in [2.24, 2.45) is 0 Å². The Morgan fingerprint density at radius 1 is 1.12 bits per heavy atom. The maximum absolute atomic E-state index is 12.6. The highest BCUT2D eigenvalue weighted by atomic mass is 32.1. The summed E-state index contributed by atoms with van der Waals surface area (Å²) < 4.78 is 10.7. The summed E-state index contributed by atoms with van der Waals surface area (Å²) in [7, 11) is 3.14. The van der Waals surface area contributed by atoms with Gasteiger partial charge in [0, 0.05) is 34.0 Å². The molecular formula is C19H18N2O3S. The monoisotopic (exact) mass is 354 g/mol. The Balaban J connectivity index is 1.87. The second-order valence-corrected chi connectivity index (χ2v) is 6.27. The first kappa shape index (κ1) is 17.0. The average molecular weight is 354 g/mol. The minimum Gasteiger partial charge on any atom is -0.496 e. The van der Waals surface area contributed by atoms with Crippen LogP contribution in [0.1, 0.15) is 15.9 Å². The number of thiazole rings is 1. The minimum absolute atomic E-state index is 0.229. The summed E-state index contributed by atoms with van der Waals surface area (Å²) in [6, 6.07) is 11.0. The van der Waals surface area contributed by atoms with Gasteiger partial charge in [0.2, 0.25) is 0 Å². The fourth-order valence-corrected chi connectivity index (χ4v) is 3.15. The number of aromatic nitrogens is 1. The standard InChI is InChI=1S/C19H18N2O3S/c1-12-16(23-2)10-14(11-17(12)24-3)18(22)21-15-6-4-5-13(9-15)19-20-7-8-25-19/h4-11H,1-3H3,(H,21,22). The van der Waals surface area contributed by atoms with Gasteiger partial charge in [0.1, 0.15) is 16.5 Å². The fourth-order valence-electron chi connectivity index (χ4n) is 2.52. The van der Waals surface area contributed by atoms with Crippen molar-refractivity contribution >= 4 is 22.9 Å². The number of benzene rings is 2. The molecule has 3 aromatic rings. The third-order valence-corrected chi connectivity index (χ3v) is 4.64. The molecule has 5 nitrogen and oxygen atoms in total. The molecule has 0 aliphatic carbocycles. The molecule has 0 radical (unpaired) electrons. The van der Waals surface area contributed by atoms with Gasteiger partial charge in [-0.25, -0.2) is 4.98 Å². The molecule has 25 heavy (non-hydrogen) atoms. The molecule has 1 N–H and O–H groups in total. The minimum atomic E-state index is -0.229. The molecule has 1 aromatic heterocycles. The smallest absolute Gasteiger partial charge is 0.255 e. The summed E-state index contributed by atoms with van der Waals surface area (Å²) >= 11 is 1.55. The maximum Gasteiger partial charge on any atom is 0.255 e. The lowest BCUT2D eigenvalue weighted by Gasteiger charge is -2.13. The van der Waals surface area contributed by atoms with Crippen LogP contribution in [-0.2, 0) is 0 Å². The van der Waals surface area contributed by atoms with Crippen LogP contribution in [0.4, 0.5) is 5.69 Å². The summed E-state index contributed by atoms with van der Waals surface area (Å²) in [5.41, 5.74) is 2.99. The van der Waals surface area contributed by atoms with Crippen molar-refractivity contribution in [2.45, 2.75) is 6.92 Å². The Kier molecular flexibility index (Phi) is 5.00. The van der Waals surface area contributed by atoms with Crippen molar-refractivity contribution in [1.29, 1.82) is 0 Å². The summed E-state index contributed by atoms with van der Waals surface area (Å²) in [4.78, 5) is 16.9. The zero-order valence-electron chi connectivity index (χ0n) is 14.2. The van der Waals surface area contributed by atoms with Gasteiger partial charge in [0.05, 0.1) is 14.2 Å². The molecule has 6 heteroatoms. The number of hydrogen-bond donors (Lipinski definition) is 1. The first-order chi connectivity index (χ1) is 12.1. The number of hydrogen-bond acceptors (Lipinski definition) is 5. The average Bonchev–Trinajstić information content (AvgIpc) is 3.17. The van der Waals surface area contributed by atoms with Crippen LogP contribution >= 0.6 is 11.3 Å². The van der Waals surface area contributed by atoms with E-state index in [0.717, 1.165) is 16.1 Å². The molecule has 1 amide bonds. The Hall–Kier alpha value is -2.86. The zero-order valence-corrected chi connectivity index (χ0v) is 15.0. The number of carbonyl (C=O) groups excluding carboxylic acids is 1. The van der Waals surface area contributed by atoms with Crippen LogP contribution in [-0.4, -0.2) is 25.1 Å². The van der Waals surface area contributed by atoms with E-state index in [0.29, 0.717) is 22.7 Å². The number of amides is 1. The van der Waals surface area contributed by atoms with Crippen LogP contribution in [0.2, 0.25) is 0 Å². The molecule has 128 valence electrons. The lowest BCUT2D eigenvalue weighted by Crippen LogP contribution is -2.12. The molecule has 0 aliphatic rings. The van der Waals surface area contributed by atoms with E-state index in [1.807, 2.05) is 36.6 Å². The van der Waals surface area contributed by atoms with Crippen molar-refractivity contribution in [3.63, 3.8) is 0 Å². The molecule has 3 rings (SSSR count). The van der Waals surface area contributed by atoms with Gasteiger partial charge in [-0.05, 0) is 31.2 Å². The summed E-state index contributed by atoms with van der Waals surface area (Å²) in [6.45, 7) is 1.89. The lowest BCUT2D eigenvalue weighted by molar-refractivity contribution is 0.102. The molecule has 0 unspecified atom stereocenters. The number of ether oxygens (including phenoxy) is 2. The van der Waals surface area contributed by atoms with E-state index >= 15 is 0 Å². The third kappa shape index (κ3) is 3.64. The van der Waals surface area contributed by atoms with Gasteiger partial charge in [0.15, 0.2) is 0 Å². The number of rotatable bonds is 5. The zero-order chi connectivity index (χ0) is 17.8.